The zero-order chi connectivity index (χ0) is 18.8. The van der Waals surface area contributed by atoms with Gasteiger partial charge >= 0.3 is 5.97 Å². The van der Waals surface area contributed by atoms with Gasteiger partial charge in [0.15, 0.2) is 0 Å². The number of carbonyl (C=O) groups excluding carboxylic acids is 1. The van der Waals surface area contributed by atoms with Gasteiger partial charge in [0.05, 0.1) is 5.02 Å². The summed E-state index contributed by atoms with van der Waals surface area (Å²) in [5.41, 5.74) is 2.08. The zero-order valence-electron chi connectivity index (χ0n) is 13.2. The number of hydrogen-bond donors (Lipinski definition) is 3. The maximum absolute atomic E-state index is 12.4. The van der Waals surface area contributed by atoms with Crippen molar-refractivity contribution in [2.45, 2.75) is 12.5 Å². The Morgan fingerprint density at radius 2 is 1.92 bits per heavy atom. The van der Waals surface area contributed by atoms with Crippen LogP contribution < -0.4 is 10.6 Å². The van der Waals surface area contributed by atoms with Crippen molar-refractivity contribution in [2.75, 3.05) is 10.6 Å². The molecule has 0 aromatic heterocycles. The minimum Gasteiger partial charge on any atom is -0.480 e. The molecule has 5 nitrogen and oxygen atoms in total. The maximum Gasteiger partial charge on any atom is 0.326 e. The summed E-state index contributed by atoms with van der Waals surface area (Å²) >= 11 is 18.2. The van der Waals surface area contributed by atoms with Gasteiger partial charge in [-0.1, -0.05) is 40.9 Å². The Morgan fingerprint density at radius 3 is 2.62 bits per heavy atom. The smallest absolute Gasteiger partial charge is 0.326 e. The average Bonchev–Trinajstić information content (AvgIpc) is 2.53. The molecule has 1 unspecified atom stereocenters. The number of amides is 1. The highest BCUT2D eigenvalue weighted by molar-refractivity contribution is 6.36. The normalized spacial score (nSPS) is 17.3. The maximum atomic E-state index is 12.4. The largest absolute Gasteiger partial charge is 0.480 e. The highest BCUT2D eigenvalue weighted by Gasteiger charge is 2.29. The van der Waals surface area contributed by atoms with Gasteiger partial charge in [0.1, 0.15) is 6.04 Å². The number of rotatable bonds is 3. The van der Waals surface area contributed by atoms with Gasteiger partial charge in [0.25, 0.3) is 0 Å². The van der Waals surface area contributed by atoms with E-state index in [1.807, 2.05) is 0 Å². The molecule has 1 aliphatic rings. The van der Waals surface area contributed by atoms with Crippen molar-refractivity contribution < 1.29 is 14.7 Å². The van der Waals surface area contributed by atoms with Gasteiger partial charge in [0.2, 0.25) is 5.91 Å². The number of anilines is 2. The molecule has 2 aromatic rings. The summed E-state index contributed by atoms with van der Waals surface area (Å²) in [6.07, 6.45) is 1.45. The number of nitrogens with one attached hydrogen (secondary N) is 2. The van der Waals surface area contributed by atoms with Crippen molar-refractivity contribution in [1.82, 2.24) is 0 Å². The van der Waals surface area contributed by atoms with Crippen LogP contribution in [0.1, 0.15) is 12.0 Å². The van der Waals surface area contributed by atoms with Crippen LogP contribution in [0.5, 0.6) is 0 Å². The Labute approximate surface area is 164 Å². The third-order valence-electron chi connectivity index (χ3n) is 3.83. The van der Waals surface area contributed by atoms with Crippen LogP contribution in [0, 0.1) is 0 Å². The molecule has 0 saturated carbocycles. The van der Waals surface area contributed by atoms with Gasteiger partial charge in [-0.15, -0.1) is 0 Å². The number of carbonyl (C=O) groups is 2. The summed E-state index contributed by atoms with van der Waals surface area (Å²) in [6, 6.07) is 8.96. The summed E-state index contributed by atoms with van der Waals surface area (Å²) in [6.45, 7) is 0. The third-order valence-corrected chi connectivity index (χ3v) is 4.58. The van der Waals surface area contributed by atoms with Crippen LogP contribution in [0.3, 0.4) is 0 Å². The molecule has 3 rings (SSSR count). The molecule has 3 N–H and O–H groups in total. The van der Waals surface area contributed by atoms with E-state index in [1.165, 1.54) is 6.08 Å². The minimum atomic E-state index is -1.03. The monoisotopic (exact) mass is 410 g/mol. The zero-order valence-corrected chi connectivity index (χ0v) is 15.5. The lowest BCUT2D eigenvalue weighted by Crippen LogP contribution is -2.33. The van der Waals surface area contributed by atoms with E-state index in [2.05, 4.69) is 10.6 Å². The number of aliphatic carboxylic acids is 1. The molecular formula is C18H13Cl3N2O3. The lowest BCUT2D eigenvalue weighted by molar-refractivity contribution is -0.137. The molecule has 1 atom stereocenters. The Morgan fingerprint density at radius 1 is 1.15 bits per heavy atom. The first-order valence-corrected chi connectivity index (χ1v) is 8.73. The van der Waals surface area contributed by atoms with Gasteiger partial charge in [0, 0.05) is 39.5 Å². The molecule has 1 aliphatic heterocycles. The van der Waals surface area contributed by atoms with Gasteiger partial charge in [-0.25, -0.2) is 4.79 Å². The number of carboxylic acid groups (broad SMARTS) is 1. The van der Waals surface area contributed by atoms with E-state index in [0.717, 1.165) is 0 Å². The molecule has 1 amide bonds. The predicted molar refractivity (Wildman–Crippen MR) is 104 cm³/mol. The molecule has 0 aliphatic carbocycles. The molecule has 0 radical (unpaired) electrons. The van der Waals surface area contributed by atoms with Crippen LogP contribution in [0.15, 0.2) is 42.5 Å². The van der Waals surface area contributed by atoms with E-state index in [-0.39, 0.29) is 6.42 Å². The molecule has 0 spiro atoms. The average molecular weight is 412 g/mol. The number of carboxylic acids is 1. The molecule has 1 heterocycles. The molecular weight excluding hydrogens is 399 g/mol. The molecule has 0 bridgehead atoms. The molecule has 0 fully saturated rings. The van der Waals surface area contributed by atoms with E-state index in [9.17, 15) is 14.7 Å². The number of halogens is 3. The standard InChI is InChI=1S/C18H13Cl3N2O3/c19-10-2-1-3-12(6-10)22-16(24)5-9-4-15(18(25)26)23-14-8-11(20)7-13(21)17(9)14/h1-3,5-8,15,23H,4H2,(H,22,24)(H,25,26). The molecule has 26 heavy (non-hydrogen) atoms. The predicted octanol–water partition coefficient (Wildman–Crippen LogP) is 4.94. The van der Waals surface area contributed by atoms with E-state index < -0.39 is 17.9 Å². The van der Waals surface area contributed by atoms with E-state index in [4.69, 9.17) is 34.8 Å². The van der Waals surface area contributed by atoms with Gasteiger partial charge in [-0.3, -0.25) is 4.79 Å². The summed E-state index contributed by atoms with van der Waals surface area (Å²) < 4.78 is 0. The van der Waals surface area contributed by atoms with Crippen molar-refractivity contribution >= 4 is 63.6 Å². The highest BCUT2D eigenvalue weighted by atomic mass is 35.5. The fraction of sp³-hybridized carbons (Fsp3) is 0.111. The first-order chi connectivity index (χ1) is 12.3. The van der Waals surface area contributed by atoms with E-state index in [1.54, 1.807) is 36.4 Å². The quantitative estimate of drug-likeness (QED) is 0.625. The second kappa shape index (κ2) is 7.58. The van der Waals surface area contributed by atoms with Crippen LogP contribution in [-0.4, -0.2) is 23.0 Å². The van der Waals surface area contributed by atoms with Crippen LogP contribution in [0.4, 0.5) is 11.4 Å². The van der Waals surface area contributed by atoms with Gasteiger partial charge in [-0.2, -0.15) is 0 Å². The van der Waals surface area contributed by atoms with Crippen molar-refractivity contribution in [3.05, 3.63) is 63.1 Å². The number of benzene rings is 2. The second-order valence-corrected chi connectivity index (χ2v) is 7.00. The Hall–Kier alpha value is -2.21. The summed E-state index contributed by atoms with van der Waals surface area (Å²) in [5.74, 6) is -1.45. The van der Waals surface area contributed by atoms with Gasteiger partial charge in [-0.05, 0) is 35.9 Å². The molecule has 2 aromatic carbocycles. The number of hydrogen-bond acceptors (Lipinski definition) is 3. The summed E-state index contributed by atoms with van der Waals surface area (Å²) in [4.78, 5) is 23.8. The topological polar surface area (TPSA) is 78.4 Å². The van der Waals surface area contributed by atoms with Crippen LogP contribution >= 0.6 is 34.8 Å². The SMILES string of the molecule is O=C(C=C1CC(C(=O)O)Nc2cc(Cl)cc(Cl)c21)Nc1cccc(Cl)c1. The van der Waals surface area contributed by atoms with E-state index in [0.29, 0.717) is 37.6 Å². The number of fused-ring (bicyclic) bond motifs is 1. The molecule has 134 valence electrons. The fourth-order valence-corrected chi connectivity index (χ4v) is 3.56. The minimum absolute atomic E-state index is 0.104. The van der Waals surface area contributed by atoms with Crippen molar-refractivity contribution in [2.24, 2.45) is 0 Å². The van der Waals surface area contributed by atoms with Crippen LogP contribution in [0.25, 0.3) is 5.57 Å². The first-order valence-electron chi connectivity index (χ1n) is 7.59. The van der Waals surface area contributed by atoms with Crippen molar-refractivity contribution in [3.8, 4) is 0 Å². The van der Waals surface area contributed by atoms with E-state index >= 15 is 0 Å². The molecule has 8 heteroatoms. The Kier molecular flexibility index (Phi) is 5.41. The van der Waals surface area contributed by atoms with Crippen molar-refractivity contribution in [1.29, 1.82) is 0 Å². The highest BCUT2D eigenvalue weighted by Crippen LogP contribution is 2.40. The lowest BCUT2D eigenvalue weighted by atomic mass is 9.92. The Balaban J connectivity index is 1.96. The first kappa shape index (κ1) is 18.6. The molecule has 0 saturated heterocycles. The third kappa shape index (κ3) is 4.12. The van der Waals surface area contributed by atoms with Crippen LogP contribution in [0.2, 0.25) is 15.1 Å². The summed E-state index contributed by atoms with van der Waals surface area (Å²) in [7, 11) is 0. The van der Waals surface area contributed by atoms with Crippen LogP contribution in [-0.2, 0) is 9.59 Å². The Bertz CT molecular complexity index is 928. The van der Waals surface area contributed by atoms with Gasteiger partial charge < -0.3 is 15.7 Å². The second-order valence-electron chi connectivity index (χ2n) is 5.72. The summed E-state index contributed by atoms with van der Waals surface area (Å²) in [5, 5.41) is 16.1. The van der Waals surface area contributed by atoms with Crippen molar-refractivity contribution in [3.63, 3.8) is 0 Å². The fourth-order valence-electron chi connectivity index (χ4n) is 2.76. The lowest BCUT2D eigenvalue weighted by Gasteiger charge is -2.27.